The number of rotatable bonds is 4. The van der Waals surface area contributed by atoms with Crippen LogP contribution < -0.4 is 15.8 Å². The van der Waals surface area contributed by atoms with Crippen molar-refractivity contribution in [2.75, 3.05) is 11.1 Å². The fourth-order valence-electron chi connectivity index (χ4n) is 1.67. The summed E-state index contributed by atoms with van der Waals surface area (Å²) in [4.78, 5) is 12.1. The number of halogens is 2. The van der Waals surface area contributed by atoms with Gasteiger partial charge in [-0.25, -0.2) is 0 Å². The van der Waals surface area contributed by atoms with Crippen LogP contribution in [-0.2, 0) is 4.79 Å². The molecule has 0 saturated carbocycles. The van der Waals surface area contributed by atoms with Gasteiger partial charge in [0.05, 0.1) is 14.9 Å². The van der Waals surface area contributed by atoms with Gasteiger partial charge in [-0.15, -0.1) is 0 Å². The highest BCUT2D eigenvalue weighted by molar-refractivity contribution is 14.1. The van der Waals surface area contributed by atoms with Crippen LogP contribution in [-0.4, -0.2) is 12.0 Å². The molecule has 0 aliphatic heterocycles. The highest BCUT2D eigenvalue weighted by Gasteiger charge is 2.17. The van der Waals surface area contributed by atoms with Gasteiger partial charge in [0.15, 0.2) is 6.10 Å². The molecule has 0 aliphatic carbocycles. The SMILES string of the molecule is CC(Oc1ccccc1I)C(=O)Nc1ccc(Cl)cc1N. The summed E-state index contributed by atoms with van der Waals surface area (Å²) in [5, 5.41) is 3.25. The molecule has 2 rings (SSSR count). The summed E-state index contributed by atoms with van der Waals surface area (Å²) >= 11 is 7.98. The van der Waals surface area contributed by atoms with Crippen LogP contribution in [0.25, 0.3) is 0 Å². The quantitative estimate of drug-likeness (QED) is 0.586. The number of nitrogens with two attached hydrogens (primary N) is 1. The van der Waals surface area contributed by atoms with Crippen molar-refractivity contribution in [3.8, 4) is 5.75 Å². The molecule has 3 N–H and O–H groups in total. The van der Waals surface area contributed by atoms with Crippen LogP contribution in [0.2, 0.25) is 5.02 Å². The topological polar surface area (TPSA) is 64.3 Å². The molecular weight excluding hydrogens is 403 g/mol. The minimum absolute atomic E-state index is 0.274. The second-order valence-electron chi connectivity index (χ2n) is 4.41. The molecule has 1 atom stereocenters. The number of nitrogens with one attached hydrogen (secondary N) is 1. The number of hydrogen-bond acceptors (Lipinski definition) is 3. The van der Waals surface area contributed by atoms with Crippen molar-refractivity contribution < 1.29 is 9.53 Å². The Kier molecular flexibility index (Phi) is 5.30. The second-order valence-corrected chi connectivity index (χ2v) is 6.01. The van der Waals surface area contributed by atoms with Crippen LogP contribution in [0.4, 0.5) is 11.4 Å². The van der Waals surface area contributed by atoms with Crippen molar-refractivity contribution in [1.82, 2.24) is 0 Å². The Hall–Kier alpha value is -1.47. The Morgan fingerprint density at radius 1 is 1.33 bits per heavy atom. The fraction of sp³-hybridized carbons (Fsp3) is 0.133. The van der Waals surface area contributed by atoms with E-state index in [4.69, 9.17) is 22.1 Å². The summed E-state index contributed by atoms with van der Waals surface area (Å²) < 4.78 is 6.60. The van der Waals surface area contributed by atoms with E-state index in [1.54, 1.807) is 25.1 Å². The number of benzene rings is 2. The molecule has 2 aromatic rings. The Morgan fingerprint density at radius 2 is 2.05 bits per heavy atom. The largest absolute Gasteiger partial charge is 0.480 e. The van der Waals surface area contributed by atoms with Gasteiger partial charge < -0.3 is 15.8 Å². The minimum atomic E-state index is -0.643. The van der Waals surface area contributed by atoms with Gasteiger partial charge in [-0.2, -0.15) is 0 Å². The molecule has 0 spiro atoms. The van der Waals surface area contributed by atoms with Crippen molar-refractivity contribution in [2.45, 2.75) is 13.0 Å². The highest BCUT2D eigenvalue weighted by Crippen LogP contribution is 2.24. The van der Waals surface area contributed by atoms with Crippen molar-refractivity contribution in [3.05, 3.63) is 51.1 Å². The van der Waals surface area contributed by atoms with Crippen molar-refractivity contribution in [1.29, 1.82) is 0 Å². The predicted molar refractivity (Wildman–Crippen MR) is 93.7 cm³/mol. The molecule has 0 fully saturated rings. The number of hydrogen-bond donors (Lipinski definition) is 2. The first-order chi connectivity index (χ1) is 9.97. The number of ether oxygens (including phenoxy) is 1. The molecule has 0 heterocycles. The first-order valence-corrected chi connectivity index (χ1v) is 7.70. The first kappa shape index (κ1) is 15.9. The number of carbonyl (C=O) groups is 1. The molecule has 6 heteroatoms. The lowest BCUT2D eigenvalue weighted by Gasteiger charge is -2.16. The van der Waals surface area contributed by atoms with E-state index in [1.807, 2.05) is 24.3 Å². The number of nitrogen functional groups attached to an aromatic ring is 1. The van der Waals surface area contributed by atoms with Crippen molar-refractivity contribution in [2.24, 2.45) is 0 Å². The zero-order valence-electron chi connectivity index (χ0n) is 11.3. The molecule has 21 heavy (non-hydrogen) atoms. The van der Waals surface area contributed by atoms with Gasteiger partial charge in [0, 0.05) is 5.02 Å². The van der Waals surface area contributed by atoms with Crippen LogP contribution in [0, 0.1) is 3.57 Å². The number of anilines is 2. The number of para-hydroxylation sites is 1. The van der Waals surface area contributed by atoms with Gasteiger partial charge in [-0.05, 0) is 59.8 Å². The molecule has 0 saturated heterocycles. The third-order valence-corrected chi connectivity index (χ3v) is 3.91. The fourth-order valence-corrected chi connectivity index (χ4v) is 2.36. The molecule has 0 aliphatic rings. The molecule has 1 amide bonds. The van der Waals surface area contributed by atoms with E-state index in [9.17, 15) is 4.79 Å². The van der Waals surface area contributed by atoms with E-state index < -0.39 is 6.10 Å². The van der Waals surface area contributed by atoms with E-state index >= 15 is 0 Å². The summed E-state index contributed by atoms with van der Waals surface area (Å²) in [7, 11) is 0. The predicted octanol–water partition coefficient (Wildman–Crippen LogP) is 3.93. The standard InChI is InChI=1S/C15H14ClIN2O2/c1-9(21-14-5-3-2-4-11(14)17)15(20)19-13-7-6-10(16)8-12(13)18/h2-9H,18H2,1H3,(H,19,20). The van der Waals surface area contributed by atoms with Gasteiger partial charge in [-0.1, -0.05) is 23.7 Å². The maximum absolute atomic E-state index is 12.1. The first-order valence-electron chi connectivity index (χ1n) is 6.24. The summed E-state index contributed by atoms with van der Waals surface area (Å²) in [5.74, 6) is 0.397. The zero-order chi connectivity index (χ0) is 15.4. The monoisotopic (exact) mass is 416 g/mol. The normalized spacial score (nSPS) is 11.8. The van der Waals surface area contributed by atoms with Gasteiger partial charge in [0.2, 0.25) is 0 Å². The lowest BCUT2D eigenvalue weighted by Crippen LogP contribution is -2.30. The van der Waals surface area contributed by atoms with Gasteiger partial charge in [-0.3, -0.25) is 4.79 Å². The molecular formula is C15H14ClIN2O2. The van der Waals surface area contributed by atoms with Crippen LogP contribution >= 0.6 is 34.2 Å². The lowest BCUT2D eigenvalue weighted by atomic mass is 10.2. The van der Waals surface area contributed by atoms with Gasteiger partial charge >= 0.3 is 0 Å². The maximum atomic E-state index is 12.1. The lowest BCUT2D eigenvalue weighted by molar-refractivity contribution is -0.122. The van der Waals surface area contributed by atoms with Crippen LogP contribution in [0.5, 0.6) is 5.75 Å². The average Bonchev–Trinajstić information content (AvgIpc) is 2.44. The van der Waals surface area contributed by atoms with Crippen molar-refractivity contribution in [3.63, 3.8) is 0 Å². The molecule has 1 unspecified atom stereocenters. The maximum Gasteiger partial charge on any atom is 0.265 e. The Balaban J connectivity index is 2.04. The zero-order valence-corrected chi connectivity index (χ0v) is 14.2. The highest BCUT2D eigenvalue weighted by atomic mass is 127. The Labute approximate surface area is 141 Å². The molecule has 110 valence electrons. The summed E-state index contributed by atoms with van der Waals surface area (Å²) in [5.41, 5.74) is 6.74. The number of carbonyl (C=O) groups excluding carboxylic acids is 1. The molecule has 0 bridgehead atoms. The Morgan fingerprint density at radius 3 is 2.71 bits per heavy atom. The second kappa shape index (κ2) is 7.00. The van der Waals surface area contributed by atoms with E-state index in [0.29, 0.717) is 22.1 Å². The van der Waals surface area contributed by atoms with Gasteiger partial charge in [0.1, 0.15) is 5.75 Å². The van der Waals surface area contributed by atoms with Gasteiger partial charge in [0.25, 0.3) is 5.91 Å². The Bertz CT molecular complexity index is 664. The van der Waals surface area contributed by atoms with E-state index in [0.717, 1.165) is 3.57 Å². The summed E-state index contributed by atoms with van der Waals surface area (Å²) in [6.45, 7) is 1.69. The third-order valence-electron chi connectivity index (χ3n) is 2.78. The summed E-state index contributed by atoms with van der Waals surface area (Å²) in [6, 6.07) is 12.4. The minimum Gasteiger partial charge on any atom is -0.480 e. The summed E-state index contributed by atoms with van der Waals surface area (Å²) in [6.07, 6.45) is -0.643. The van der Waals surface area contributed by atoms with Crippen LogP contribution in [0.15, 0.2) is 42.5 Å². The molecule has 0 aromatic heterocycles. The van der Waals surface area contributed by atoms with E-state index in [1.165, 1.54) is 0 Å². The molecule has 4 nitrogen and oxygen atoms in total. The third kappa shape index (κ3) is 4.25. The average molecular weight is 417 g/mol. The molecule has 0 radical (unpaired) electrons. The number of amides is 1. The van der Waals surface area contributed by atoms with E-state index in [2.05, 4.69) is 27.9 Å². The van der Waals surface area contributed by atoms with Crippen LogP contribution in [0.1, 0.15) is 6.92 Å². The van der Waals surface area contributed by atoms with E-state index in [-0.39, 0.29) is 5.91 Å². The van der Waals surface area contributed by atoms with Crippen LogP contribution in [0.3, 0.4) is 0 Å². The van der Waals surface area contributed by atoms with Crippen molar-refractivity contribution >= 4 is 51.5 Å². The molecule has 2 aromatic carbocycles. The smallest absolute Gasteiger partial charge is 0.265 e.